The number of nitrogens with one attached hydrogen (secondary N) is 1. The molecule has 1 N–H and O–H groups in total. The molecule has 0 amide bonds. The first-order valence-electron chi connectivity index (χ1n) is 5.84. The van der Waals surface area contributed by atoms with E-state index in [9.17, 15) is 0 Å². The number of para-hydroxylation sites is 1. The molecule has 90 valence electrons. The van der Waals surface area contributed by atoms with E-state index in [0.717, 1.165) is 19.4 Å². The van der Waals surface area contributed by atoms with E-state index in [1.807, 2.05) is 19.1 Å². The van der Waals surface area contributed by atoms with Crippen molar-refractivity contribution in [1.29, 1.82) is 0 Å². The van der Waals surface area contributed by atoms with Crippen LogP contribution >= 0.6 is 0 Å². The Kier molecular flexibility index (Phi) is 3.75. The Morgan fingerprint density at radius 1 is 1.24 bits per heavy atom. The van der Waals surface area contributed by atoms with Crippen LogP contribution in [-0.4, -0.2) is 16.7 Å². The van der Waals surface area contributed by atoms with Gasteiger partial charge in [0.25, 0.3) is 0 Å². The van der Waals surface area contributed by atoms with Gasteiger partial charge in [-0.2, -0.15) is 4.98 Å². The molecule has 1 aromatic heterocycles. The van der Waals surface area contributed by atoms with E-state index in [0.29, 0.717) is 11.7 Å². The second-order valence-corrected chi connectivity index (χ2v) is 4.08. The lowest BCUT2D eigenvalue weighted by Gasteiger charge is -2.07. The van der Waals surface area contributed by atoms with Gasteiger partial charge in [0.2, 0.25) is 5.89 Å². The van der Waals surface area contributed by atoms with Gasteiger partial charge in [-0.3, -0.25) is 0 Å². The summed E-state index contributed by atoms with van der Waals surface area (Å²) in [5.74, 6) is 1.42. The average Bonchev–Trinajstić information content (AvgIpc) is 2.73. The molecule has 0 atom stereocenters. The van der Waals surface area contributed by atoms with Gasteiger partial charge in [-0.25, -0.2) is 0 Å². The highest BCUT2D eigenvalue weighted by atomic mass is 16.5. The first-order chi connectivity index (χ1) is 8.25. The molecule has 0 saturated carbocycles. The molecule has 17 heavy (non-hydrogen) atoms. The van der Waals surface area contributed by atoms with Crippen molar-refractivity contribution in [2.45, 2.75) is 26.7 Å². The number of benzene rings is 1. The van der Waals surface area contributed by atoms with Crippen LogP contribution in [0.5, 0.6) is 0 Å². The molecule has 0 aliphatic carbocycles. The first-order valence-corrected chi connectivity index (χ1v) is 5.84. The fourth-order valence-corrected chi connectivity index (χ4v) is 1.68. The summed E-state index contributed by atoms with van der Waals surface area (Å²) in [6.45, 7) is 4.84. The third kappa shape index (κ3) is 3.31. The zero-order valence-electron chi connectivity index (χ0n) is 10.2. The monoisotopic (exact) mass is 231 g/mol. The smallest absolute Gasteiger partial charge is 0.226 e. The fourth-order valence-electron chi connectivity index (χ4n) is 1.68. The van der Waals surface area contributed by atoms with Crippen LogP contribution in [0, 0.1) is 13.8 Å². The predicted molar refractivity (Wildman–Crippen MR) is 67.0 cm³/mol. The minimum atomic E-state index is 0.701. The minimum Gasteiger partial charge on any atom is -0.385 e. The van der Waals surface area contributed by atoms with E-state index < -0.39 is 0 Å². The molecular weight excluding hydrogens is 214 g/mol. The third-order valence-electron chi connectivity index (χ3n) is 2.60. The maximum Gasteiger partial charge on any atom is 0.226 e. The average molecular weight is 231 g/mol. The van der Waals surface area contributed by atoms with Crippen LogP contribution in [0.2, 0.25) is 0 Å². The topological polar surface area (TPSA) is 51.0 Å². The van der Waals surface area contributed by atoms with Gasteiger partial charge >= 0.3 is 0 Å². The number of hydrogen-bond donors (Lipinski definition) is 1. The molecule has 0 spiro atoms. The van der Waals surface area contributed by atoms with Crippen molar-refractivity contribution in [2.24, 2.45) is 0 Å². The molecule has 0 bridgehead atoms. The Morgan fingerprint density at radius 3 is 2.76 bits per heavy atom. The Balaban J connectivity index is 1.75. The molecule has 0 aliphatic rings. The highest BCUT2D eigenvalue weighted by Gasteiger charge is 2.02. The summed E-state index contributed by atoms with van der Waals surface area (Å²) in [6.07, 6.45) is 1.80. The molecular formula is C13H17N3O. The molecule has 0 saturated heterocycles. The van der Waals surface area contributed by atoms with E-state index in [1.165, 1.54) is 11.3 Å². The lowest BCUT2D eigenvalue weighted by molar-refractivity contribution is 0.373. The summed E-state index contributed by atoms with van der Waals surface area (Å²) < 4.78 is 5.05. The van der Waals surface area contributed by atoms with Crippen molar-refractivity contribution in [3.8, 4) is 0 Å². The van der Waals surface area contributed by atoms with Crippen molar-refractivity contribution in [3.05, 3.63) is 41.5 Å². The molecule has 4 nitrogen and oxygen atoms in total. The Bertz CT molecular complexity index is 479. The van der Waals surface area contributed by atoms with Crippen LogP contribution in [-0.2, 0) is 6.42 Å². The van der Waals surface area contributed by atoms with Crippen molar-refractivity contribution in [3.63, 3.8) is 0 Å². The van der Waals surface area contributed by atoms with Gasteiger partial charge in [0.05, 0.1) is 0 Å². The number of aryl methyl sites for hydroxylation is 3. The highest BCUT2D eigenvalue weighted by molar-refractivity contribution is 5.50. The first kappa shape index (κ1) is 11.6. The Morgan fingerprint density at radius 2 is 2.06 bits per heavy atom. The summed E-state index contributed by atoms with van der Waals surface area (Å²) in [7, 11) is 0. The van der Waals surface area contributed by atoms with Gasteiger partial charge < -0.3 is 9.84 Å². The normalized spacial score (nSPS) is 10.5. The standard InChI is InChI=1S/C13H17N3O/c1-10-6-3-4-7-12(10)14-9-5-8-13-15-11(2)16-17-13/h3-4,6-7,14H,5,8-9H2,1-2H3. The van der Waals surface area contributed by atoms with Gasteiger partial charge in [-0.15, -0.1) is 0 Å². The van der Waals surface area contributed by atoms with Crippen molar-refractivity contribution < 1.29 is 4.52 Å². The van der Waals surface area contributed by atoms with Crippen LogP contribution in [0.3, 0.4) is 0 Å². The lowest BCUT2D eigenvalue weighted by atomic mass is 10.2. The maximum atomic E-state index is 5.05. The molecule has 0 fully saturated rings. The van der Waals surface area contributed by atoms with Crippen molar-refractivity contribution in [1.82, 2.24) is 10.1 Å². The number of hydrogen-bond acceptors (Lipinski definition) is 4. The molecule has 2 rings (SSSR count). The molecule has 2 aromatic rings. The molecule has 1 aromatic carbocycles. The van der Waals surface area contributed by atoms with Crippen molar-refractivity contribution >= 4 is 5.69 Å². The lowest BCUT2D eigenvalue weighted by Crippen LogP contribution is -2.04. The largest absolute Gasteiger partial charge is 0.385 e. The van der Waals surface area contributed by atoms with E-state index in [2.05, 4.69) is 34.5 Å². The summed E-state index contributed by atoms with van der Waals surface area (Å²) in [5.41, 5.74) is 2.45. The maximum absolute atomic E-state index is 5.05. The molecule has 4 heteroatoms. The zero-order chi connectivity index (χ0) is 12.1. The van der Waals surface area contributed by atoms with E-state index >= 15 is 0 Å². The van der Waals surface area contributed by atoms with Crippen LogP contribution in [0.15, 0.2) is 28.8 Å². The van der Waals surface area contributed by atoms with Gasteiger partial charge in [0.1, 0.15) is 0 Å². The van der Waals surface area contributed by atoms with Gasteiger partial charge in [-0.1, -0.05) is 23.4 Å². The minimum absolute atomic E-state index is 0.701. The van der Waals surface area contributed by atoms with Crippen LogP contribution in [0.4, 0.5) is 5.69 Å². The SMILES string of the molecule is Cc1noc(CCCNc2ccccc2C)n1. The fraction of sp³-hybridized carbons (Fsp3) is 0.385. The van der Waals surface area contributed by atoms with Crippen LogP contribution in [0.1, 0.15) is 23.7 Å². The van der Waals surface area contributed by atoms with E-state index in [4.69, 9.17) is 4.52 Å². The second-order valence-electron chi connectivity index (χ2n) is 4.08. The Labute approximate surface area is 101 Å². The number of rotatable bonds is 5. The third-order valence-corrected chi connectivity index (χ3v) is 2.60. The summed E-state index contributed by atoms with van der Waals surface area (Å²) in [5, 5.41) is 7.16. The molecule has 1 heterocycles. The van der Waals surface area contributed by atoms with Gasteiger partial charge in [0, 0.05) is 18.7 Å². The van der Waals surface area contributed by atoms with Crippen LogP contribution in [0.25, 0.3) is 0 Å². The van der Waals surface area contributed by atoms with E-state index in [-0.39, 0.29) is 0 Å². The molecule has 0 radical (unpaired) electrons. The second kappa shape index (κ2) is 5.48. The van der Waals surface area contributed by atoms with Crippen LogP contribution < -0.4 is 5.32 Å². The molecule has 0 aliphatic heterocycles. The summed E-state index contributed by atoms with van der Waals surface area (Å²) in [6, 6.07) is 8.27. The Hall–Kier alpha value is -1.84. The van der Waals surface area contributed by atoms with Crippen molar-refractivity contribution in [2.75, 3.05) is 11.9 Å². The quantitative estimate of drug-likeness (QED) is 0.804. The predicted octanol–water partition coefficient (Wildman–Crippen LogP) is 2.73. The summed E-state index contributed by atoms with van der Waals surface area (Å²) in [4.78, 5) is 4.17. The zero-order valence-corrected chi connectivity index (χ0v) is 10.2. The van der Waals surface area contributed by atoms with Gasteiger partial charge in [-0.05, 0) is 31.9 Å². The number of nitrogens with zero attached hydrogens (tertiary/aromatic N) is 2. The highest BCUT2D eigenvalue weighted by Crippen LogP contribution is 2.13. The number of aromatic nitrogens is 2. The van der Waals surface area contributed by atoms with E-state index in [1.54, 1.807) is 0 Å². The number of anilines is 1. The van der Waals surface area contributed by atoms with Gasteiger partial charge in [0.15, 0.2) is 5.82 Å². The molecule has 0 unspecified atom stereocenters. The summed E-state index contributed by atoms with van der Waals surface area (Å²) >= 11 is 0.